The van der Waals surface area contributed by atoms with Gasteiger partial charge in [-0.3, -0.25) is 4.98 Å². The summed E-state index contributed by atoms with van der Waals surface area (Å²) in [6, 6.07) is 58.3. The molecule has 3 nitrogen and oxygen atoms in total. The quantitative estimate of drug-likeness (QED) is 0.169. The lowest BCUT2D eigenvalue weighted by atomic mass is 9.94. The molecule has 7 aromatic carbocycles. The van der Waals surface area contributed by atoms with Crippen LogP contribution in [0.3, 0.4) is 0 Å². The van der Waals surface area contributed by atoms with Crippen molar-refractivity contribution in [2.75, 3.05) is 0 Å². The zero-order valence-corrected chi connectivity index (χ0v) is 32.0. The van der Waals surface area contributed by atoms with E-state index in [1.165, 1.54) is 52.5 Å². The fourth-order valence-electron chi connectivity index (χ4n) is 7.79. The average Bonchev–Trinajstić information content (AvgIpc) is 3.84. The molecule has 57 heavy (non-hydrogen) atoms. The smallest absolute Gasteiger partial charge is 0.160 e. The van der Waals surface area contributed by atoms with Gasteiger partial charge in [-0.05, 0) is 125 Å². The highest BCUT2D eigenvalue weighted by Gasteiger charge is 2.16. The lowest BCUT2D eigenvalue weighted by Crippen LogP contribution is -1.97. The van der Waals surface area contributed by atoms with Crippen LogP contribution in [-0.2, 0) is 0 Å². The summed E-state index contributed by atoms with van der Waals surface area (Å²) in [5.74, 6) is 0.298. The highest BCUT2D eigenvalue weighted by molar-refractivity contribution is 7.26. The van der Waals surface area contributed by atoms with Gasteiger partial charge in [0.05, 0.1) is 11.4 Å². The SMILES string of the molecule is Fc1ccc(-c2cc(-c3cccc(-c4cccnc4)c3)nc(-c3cc(-c4ccc5sc6ccccc6c5c4)cc(-c4ccc5sc6ccccc6c5c4)c3)n2)cc1. The van der Waals surface area contributed by atoms with Crippen molar-refractivity contribution in [3.63, 3.8) is 0 Å². The van der Waals surface area contributed by atoms with Gasteiger partial charge in [0.15, 0.2) is 5.82 Å². The molecule has 0 N–H and O–H groups in total. The van der Waals surface area contributed by atoms with E-state index >= 15 is 0 Å². The maximum Gasteiger partial charge on any atom is 0.160 e. The molecule has 0 radical (unpaired) electrons. The van der Waals surface area contributed by atoms with Crippen molar-refractivity contribution >= 4 is 63.0 Å². The number of rotatable bonds is 6. The van der Waals surface area contributed by atoms with E-state index in [4.69, 9.17) is 9.97 Å². The molecule has 4 heterocycles. The topological polar surface area (TPSA) is 38.7 Å². The van der Waals surface area contributed by atoms with Crippen LogP contribution in [0.5, 0.6) is 0 Å². The van der Waals surface area contributed by atoms with E-state index in [-0.39, 0.29) is 5.82 Å². The highest BCUT2D eigenvalue weighted by atomic mass is 32.1. The fraction of sp³-hybridized carbons (Fsp3) is 0. The molecule has 0 saturated carbocycles. The number of halogens is 1. The first-order chi connectivity index (χ1) is 28.1. The maximum absolute atomic E-state index is 14.2. The Morgan fingerprint density at radius 2 is 0.860 bits per heavy atom. The summed E-state index contributed by atoms with van der Waals surface area (Å²) in [5, 5.41) is 5.02. The maximum atomic E-state index is 14.2. The Bertz CT molecular complexity index is 3180. The third-order valence-electron chi connectivity index (χ3n) is 10.6. The molecular formula is C51H30FN3S2. The molecule has 0 amide bonds. The van der Waals surface area contributed by atoms with Crippen LogP contribution in [0.15, 0.2) is 182 Å². The van der Waals surface area contributed by atoms with E-state index in [0.717, 1.165) is 55.8 Å². The molecule has 0 aliphatic heterocycles. The van der Waals surface area contributed by atoms with Gasteiger partial charge in [-0.15, -0.1) is 22.7 Å². The molecule has 0 fully saturated rings. The summed E-state index contributed by atoms with van der Waals surface area (Å²) in [5.41, 5.74) is 10.6. The van der Waals surface area contributed by atoms with Crippen LogP contribution in [-0.4, -0.2) is 15.0 Å². The number of pyridine rings is 1. The first-order valence-electron chi connectivity index (χ1n) is 18.7. The van der Waals surface area contributed by atoms with Gasteiger partial charge in [0, 0.05) is 75.0 Å². The van der Waals surface area contributed by atoms with Gasteiger partial charge in [0.1, 0.15) is 5.82 Å². The number of nitrogens with zero attached hydrogens (tertiary/aromatic N) is 3. The Morgan fingerprint density at radius 1 is 0.351 bits per heavy atom. The van der Waals surface area contributed by atoms with E-state index in [1.807, 2.05) is 47.1 Å². The zero-order valence-electron chi connectivity index (χ0n) is 30.4. The first-order valence-corrected chi connectivity index (χ1v) is 20.4. The van der Waals surface area contributed by atoms with E-state index in [9.17, 15) is 4.39 Å². The first kappa shape index (κ1) is 33.5. The van der Waals surface area contributed by atoms with Crippen LogP contribution in [0, 0.1) is 5.82 Å². The minimum atomic E-state index is -0.291. The monoisotopic (exact) mass is 767 g/mol. The molecule has 268 valence electrons. The van der Waals surface area contributed by atoms with Crippen LogP contribution in [0.2, 0.25) is 0 Å². The van der Waals surface area contributed by atoms with E-state index in [2.05, 4.69) is 132 Å². The van der Waals surface area contributed by atoms with Crippen molar-refractivity contribution in [1.29, 1.82) is 0 Å². The highest BCUT2D eigenvalue weighted by Crippen LogP contribution is 2.41. The second-order valence-corrected chi connectivity index (χ2v) is 16.4. The van der Waals surface area contributed by atoms with Crippen molar-refractivity contribution in [3.8, 4) is 67.3 Å². The molecule has 0 spiro atoms. The Hall–Kier alpha value is -6.86. The molecule has 0 bridgehead atoms. The second kappa shape index (κ2) is 13.7. The van der Waals surface area contributed by atoms with Crippen molar-refractivity contribution in [2.24, 2.45) is 0 Å². The van der Waals surface area contributed by atoms with Crippen molar-refractivity contribution in [1.82, 2.24) is 15.0 Å². The Morgan fingerprint density at radius 3 is 1.49 bits per heavy atom. The Labute approximate surface area is 336 Å². The molecule has 0 unspecified atom stereocenters. The van der Waals surface area contributed by atoms with E-state index in [1.54, 1.807) is 18.3 Å². The van der Waals surface area contributed by atoms with Crippen molar-refractivity contribution in [3.05, 3.63) is 188 Å². The van der Waals surface area contributed by atoms with Gasteiger partial charge in [0.25, 0.3) is 0 Å². The summed E-state index contributed by atoms with van der Waals surface area (Å²) in [4.78, 5) is 14.8. The molecule has 11 aromatic rings. The van der Waals surface area contributed by atoms with Gasteiger partial charge < -0.3 is 0 Å². The number of benzene rings is 7. The van der Waals surface area contributed by atoms with Gasteiger partial charge >= 0.3 is 0 Å². The van der Waals surface area contributed by atoms with E-state index in [0.29, 0.717) is 11.5 Å². The predicted octanol–water partition coefficient (Wildman–Crippen LogP) is 14.7. The molecule has 0 aliphatic carbocycles. The molecule has 6 heteroatoms. The van der Waals surface area contributed by atoms with Gasteiger partial charge in [-0.1, -0.05) is 72.8 Å². The predicted molar refractivity (Wildman–Crippen MR) is 238 cm³/mol. The number of hydrogen-bond acceptors (Lipinski definition) is 5. The van der Waals surface area contributed by atoms with Crippen LogP contribution >= 0.6 is 22.7 Å². The molecule has 11 rings (SSSR count). The molecule has 0 aliphatic rings. The molecule has 0 saturated heterocycles. The zero-order chi connectivity index (χ0) is 37.9. The average molecular weight is 768 g/mol. The van der Waals surface area contributed by atoms with Crippen molar-refractivity contribution in [2.45, 2.75) is 0 Å². The summed E-state index contributed by atoms with van der Waals surface area (Å²) in [7, 11) is 0. The number of aromatic nitrogens is 3. The van der Waals surface area contributed by atoms with Crippen LogP contribution in [0.4, 0.5) is 4.39 Å². The Kier molecular flexibility index (Phi) is 8.05. The van der Waals surface area contributed by atoms with Crippen LogP contribution in [0.1, 0.15) is 0 Å². The summed E-state index contributed by atoms with van der Waals surface area (Å²) >= 11 is 3.64. The summed E-state index contributed by atoms with van der Waals surface area (Å²) in [6.07, 6.45) is 3.65. The minimum absolute atomic E-state index is 0.291. The number of hydrogen-bond donors (Lipinski definition) is 0. The lowest BCUT2D eigenvalue weighted by molar-refractivity contribution is 0.628. The molecular weight excluding hydrogens is 738 g/mol. The van der Waals surface area contributed by atoms with Crippen LogP contribution in [0.25, 0.3) is 108 Å². The number of fused-ring (bicyclic) bond motifs is 6. The standard InChI is InChI=1S/C51H30FN3S2/c52-40-18-14-31(15-19-40)45-29-46(35-8-5-7-32(23-35)36-9-6-22-53-30-36)55-51(54-45)39-25-37(33-16-20-49-43(27-33)41-10-1-3-12-47(41)56-49)24-38(26-39)34-17-21-50-44(28-34)42-11-2-4-13-48(42)57-50/h1-30H. The molecule has 4 aromatic heterocycles. The van der Waals surface area contributed by atoms with Crippen LogP contribution < -0.4 is 0 Å². The lowest BCUT2D eigenvalue weighted by Gasteiger charge is -2.14. The largest absolute Gasteiger partial charge is 0.264 e. The third kappa shape index (κ3) is 6.16. The second-order valence-electron chi connectivity index (χ2n) is 14.2. The van der Waals surface area contributed by atoms with Gasteiger partial charge in [0.2, 0.25) is 0 Å². The minimum Gasteiger partial charge on any atom is -0.264 e. The summed E-state index contributed by atoms with van der Waals surface area (Å²) in [6.45, 7) is 0. The van der Waals surface area contributed by atoms with Crippen molar-refractivity contribution < 1.29 is 4.39 Å². The third-order valence-corrected chi connectivity index (χ3v) is 12.9. The summed E-state index contributed by atoms with van der Waals surface area (Å²) < 4.78 is 19.3. The molecule has 0 atom stereocenters. The van der Waals surface area contributed by atoms with E-state index < -0.39 is 0 Å². The number of thiophene rings is 2. The fourth-order valence-corrected chi connectivity index (χ4v) is 9.96. The van der Waals surface area contributed by atoms with Gasteiger partial charge in [-0.2, -0.15) is 0 Å². The van der Waals surface area contributed by atoms with Gasteiger partial charge in [-0.25, -0.2) is 14.4 Å². The Balaban J connectivity index is 1.13. The normalized spacial score (nSPS) is 11.6.